The van der Waals surface area contributed by atoms with Crippen molar-refractivity contribution in [3.8, 4) is 11.1 Å². The molecule has 2 heteroatoms. The van der Waals surface area contributed by atoms with E-state index < -0.39 is 0 Å². The van der Waals surface area contributed by atoms with E-state index in [1.165, 1.54) is 105 Å². The number of para-hydroxylation sites is 3. The van der Waals surface area contributed by atoms with Crippen molar-refractivity contribution < 1.29 is 0 Å². The van der Waals surface area contributed by atoms with Crippen LogP contribution in [0.25, 0.3) is 49.0 Å². The number of nitrogens with zero attached hydrogens (tertiary/aromatic N) is 2. The van der Waals surface area contributed by atoms with Crippen LogP contribution in [-0.4, -0.2) is 0 Å². The number of fused-ring (bicyclic) bond motifs is 6. The summed E-state index contributed by atoms with van der Waals surface area (Å²) in [5, 5.41) is 7.73. The van der Waals surface area contributed by atoms with Crippen LogP contribution in [0.2, 0.25) is 0 Å². The van der Waals surface area contributed by atoms with Crippen molar-refractivity contribution in [1.29, 1.82) is 0 Å². The van der Waals surface area contributed by atoms with Gasteiger partial charge in [0.2, 0.25) is 0 Å². The summed E-state index contributed by atoms with van der Waals surface area (Å²) in [5.74, 6) is 0. The van der Waals surface area contributed by atoms with Gasteiger partial charge >= 0.3 is 0 Å². The average Bonchev–Trinajstić information content (AvgIpc) is 3.59. The number of rotatable bonds is 4. The second-order valence-corrected chi connectivity index (χ2v) is 16.9. The first-order valence-corrected chi connectivity index (χ1v) is 21.9. The number of allylic oxidation sites excluding steroid dienone is 7. The lowest BCUT2D eigenvalue weighted by Crippen LogP contribution is -2.18. The van der Waals surface area contributed by atoms with Gasteiger partial charge in [0.1, 0.15) is 0 Å². The number of benzene rings is 8. The van der Waals surface area contributed by atoms with E-state index in [1.54, 1.807) is 5.57 Å². The van der Waals surface area contributed by atoms with E-state index in [2.05, 4.69) is 192 Å². The Morgan fingerprint density at radius 3 is 1.67 bits per heavy atom. The van der Waals surface area contributed by atoms with Gasteiger partial charge in [-0.25, -0.2) is 0 Å². The van der Waals surface area contributed by atoms with E-state index in [-0.39, 0.29) is 0 Å². The second kappa shape index (κ2) is 14.4. The highest BCUT2D eigenvalue weighted by molar-refractivity contribution is 6.22. The smallest absolute Gasteiger partial charge is 0.0493 e. The van der Waals surface area contributed by atoms with Gasteiger partial charge in [-0.05, 0) is 177 Å². The van der Waals surface area contributed by atoms with E-state index in [0.717, 1.165) is 51.4 Å². The molecule has 0 amide bonds. The Kier molecular flexibility index (Phi) is 8.44. The summed E-state index contributed by atoms with van der Waals surface area (Å²) < 4.78 is 0. The molecule has 0 fully saturated rings. The standard InChI is InChI=1S/C58H46N2/c1-2-20-44(21-3-1)57-51-37-45(59-53-25-10-5-16-40(53)29-30-41-17-6-11-26-54(41)59)33-35-49(51)58(48-24-14-22-39-15-4-9-23-47(39)48)50-36-34-46(38-52(50)57)60-55-27-12-7-18-42(55)31-32-43-19-8-13-28-56(43)60/h1-2,4-7,9-18,20,22-28,33-38H,3,8,19,21,29-32H2. The van der Waals surface area contributed by atoms with Crippen LogP contribution in [0.5, 0.6) is 0 Å². The molecule has 60 heavy (non-hydrogen) atoms. The number of hydrogen-bond acceptors (Lipinski definition) is 2. The normalized spacial score (nSPS) is 16.0. The van der Waals surface area contributed by atoms with Crippen molar-refractivity contribution >= 4 is 66.3 Å². The lowest BCUT2D eigenvalue weighted by Gasteiger charge is -2.31. The SMILES string of the molecule is C1=CCCC(c2c3cc(N4C5=C(CCC=C5)CCc5ccccc54)ccc3c(-c3cccc4ccccc34)c3ccc(N4c5ccccc5CCc5ccccc54)cc23)=C1. The van der Waals surface area contributed by atoms with Crippen molar-refractivity contribution in [2.45, 2.75) is 51.4 Å². The van der Waals surface area contributed by atoms with Crippen LogP contribution >= 0.6 is 0 Å². The van der Waals surface area contributed by atoms with Gasteiger partial charge in [-0.3, -0.25) is 0 Å². The van der Waals surface area contributed by atoms with Gasteiger partial charge < -0.3 is 9.80 Å². The van der Waals surface area contributed by atoms with Crippen LogP contribution in [-0.2, 0) is 19.3 Å². The fraction of sp³-hybridized carbons (Fsp3) is 0.138. The molecule has 2 aliphatic carbocycles. The molecular weight excluding hydrogens is 725 g/mol. The van der Waals surface area contributed by atoms with Crippen LogP contribution in [0.3, 0.4) is 0 Å². The minimum atomic E-state index is 1.00. The molecule has 2 heterocycles. The first-order chi connectivity index (χ1) is 29.8. The maximum Gasteiger partial charge on any atom is 0.0493 e. The Hall–Kier alpha value is -6.90. The topological polar surface area (TPSA) is 6.48 Å². The van der Waals surface area contributed by atoms with Gasteiger partial charge in [-0.2, -0.15) is 0 Å². The van der Waals surface area contributed by atoms with Crippen molar-refractivity contribution in [3.05, 3.63) is 216 Å². The minimum absolute atomic E-state index is 1.00. The predicted molar refractivity (Wildman–Crippen MR) is 255 cm³/mol. The van der Waals surface area contributed by atoms with Gasteiger partial charge in [0, 0.05) is 34.1 Å². The third-order valence-electron chi connectivity index (χ3n) is 13.5. The van der Waals surface area contributed by atoms with Crippen LogP contribution in [0.15, 0.2) is 193 Å². The van der Waals surface area contributed by atoms with Crippen molar-refractivity contribution in [3.63, 3.8) is 0 Å². The van der Waals surface area contributed by atoms with Crippen LogP contribution in [0, 0.1) is 0 Å². The molecule has 0 N–H and O–H groups in total. The van der Waals surface area contributed by atoms with Gasteiger partial charge in [0.15, 0.2) is 0 Å². The molecule has 288 valence electrons. The first-order valence-electron chi connectivity index (χ1n) is 21.9. The molecule has 8 aromatic rings. The molecule has 4 aliphatic rings. The number of hydrogen-bond donors (Lipinski definition) is 0. The number of aryl methyl sites for hydroxylation is 3. The predicted octanol–water partition coefficient (Wildman–Crippen LogP) is 15.8. The number of anilines is 5. The lowest BCUT2D eigenvalue weighted by molar-refractivity contribution is 0.833. The maximum absolute atomic E-state index is 2.58. The van der Waals surface area contributed by atoms with Gasteiger partial charge in [-0.15, -0.1) is 0 Å². The van der Waals surface area contributed by atoms with Crippen LogP contribution in [0.1, 0.15) is 54.4 Å². The molecule has 0 unspecified atom stereocenters. The highest BCUT2D eigenvalue weighted by atomic mass is 15.2. The molecule has 0 spiro atoms. The highest BCUT2D eigenvalue weighted by Gasteiger charge is 2.28. The quantitative estimate of drug-likeness (QED) is 0.164. The minimum Gasteiger partial charge on any atom is -0.310 e. The molecule has 0 radical (unpaired) electrons. The summed E-state index contributed by atoms with van der Waals surface area (Å²) in [6.45, 7) is 0. The molecule has 8 aromatic carbocycles. The largest absolute Gasteiger partial charge is 0.310 e. The fourth-order valence-corrected chi connectivity index (χ4v) is 10.7. The van der Waals surface area contributed by atoms with Crippen molar-refractivity contribution in [2.75, 3.05) is 9.80 Å². The van der Waals surface area contributed by atoms with E-state index in [0.29, 0.717) is 0 Å². The summed E-state index contributed by atoms with van der Waals surface area (Å²) in [4.78, 5) is 5.11. The fourth-order valence-electron chi connectivity index (χ4n) is 10.7. The Bertz CT molecular complexity index is 3120. The second-order valence-electron chi connectivity index (χ2n) is 16.9. The summed E-state index contributed by atoms with van der Waals surface area (Å²) in [7, 11) is 0. The van der Waals surface area contributed by atoms with Gasteiger partial charge in [-0.1, -0.05) is 133 Å². The van der Waals surface area contributed by atoms with E-state index in [1.807, 2.05) is 0 Å². The molecule has 0 saturated carbocycles. The zero-order valence-corrected chi connectivity index (χ0v) is 33.9. The van der Waals surface area contributed by atoms with E-state index in [4.69, 9.17) is 0 Å². The molecule has 0 atom stereocenters. The molecular formula is C58H46N2. The van der Waals surface area contributed by atoms with Crippen molar-refractivity contribution in [1.82, 2.24) is 0 Å². The van der Waals surface area contributed by atoms with E-state index >= 15 is 0 Å². The van der Waals surface area contributed by atoms with Crippen LogP contribution in [0.4, 0.5) is 28.4 Å². The third-order valence-corrected chi connectivity index (χ3v) is 13.5. The summed E-state index contributed by atoms with van der Waals surface area (Å²) >= 11 is 0. The summed E-state index contributed by atoms with van der Waals surface area (Å²) in [6, 6.07) is 57.6. The molecule has 12 rings (SSSR count). The Morgan fingerprint density at radius 2 is 0.983 bits per heavy atom. The summed E-state index contributed by atoms with van der Waals surface area (Å²) in [6.07, 6.45) is 20.2. The van der Waals surface area contributed by atoms with Crippen molar-refractivity contribution in [2.24, 2.45) is 0 Å². The summed E-state index contributed by atoms with van der Waals surface area (Å²) in [5.41, 5.74) is 18.7. The molecule has 2 nitrogen and oxygen atoms in total. The van der Waals surface area contributed by atoms with Gasteiger partial charge in [0.25, 0.3) is 0 Å². The van der Waals surface area contributed by atoms with Gasteiger partial charge in [0.05, 0.1) is 0 Å². The monoisotopic (exact) mass is 770 g/mol. The van der Waals surface area contributed by atoms with Crippen LogP contribution < -0.4 is 9.80 Å². The third kappa shape index (κ3) is 5.69. The molecule has 0 aromatic heterocycles. The average molecular weight is 771 g/mol. The zero-order chi connectivity index (χ0) is 39.6. The highest BCUT2D eigenvalue weighted by Crippen LogP contribution is 2.50. The molecule has 0 saturated heterocycles. The zero-order valence-electron chi connectivity index (χ0n) is 33.9. The molecule has 2 aliphatic heterocycles. The van der Waals surface area contributed by atoms with E-state index in [9.17, 15) is 0 Å². The molecule has 0 bridgehead atoms. The Morgan fingerprint density at radius 1 is 0.400 bits per heavy atom. The maximum atomic E-state index is 2.58. The first kappa shape index (κ1) is 35.1. The lowest BCUT2D eigenvalue weighted by atomic mass is 9.82. The Balaban J connectivity index is 1.20. The Labute approximate surface area is 352 Å².